The fourth-order valence-electron chi connectivity index (χ4n) is 1.41. The van der Waals surface area contributed by atoms with Gasteiger partial charge in [-0.1, -0.05) is 5.21 Å². The lowest BCUT2D eigenvalue weighted by Gasteiger charge is -2.07. The molecule has 9 heteroatoms. The van der Waals surface area contributed by atoms with Crippen LogP contribution in [-0.2, 0) is 6.54 Å². The number of pyridine rings is 1. The largest absolute Gasteiger partial charge is 0.477 e. The second kappa shape index (κ2) is 6.27. The highest BCUT2D eigenvalue weighted by Crippen LogP contribution is 2.05. The minimum Gasteiger partial charge on any atom is -0.477 e. The molecule has 104 valence electrons. The maximum absolute atomic E-state index is 11.5. The molecule has 9 nitrogen and oxygen atoms in total. The molecular weight excluding hydrogens is 264 g/mol. The molecule has 0 fully saturated rings. The van der Waals surface area contributed by atoms with Crippen molar-refractivity contribution >= 4 is 17.7 Å². The van der Waals surface area contributed by atoms with Crippen molar-refractivity contribution < 1.29 is 14.7 Å². The van der Waals surface area contributed by atoms with Crippen molar-refractivity contribution in [3.8, 4) is 0 Å². The molecule has 0 saturated carbocycles. The van der Waals surface area contributed by atoms with Crippen LogP contribution in [0.15, 0.2) is 30.7 Å². The molecule has 2 aromatic heterocycles. The monoisotopic (exact) mass is 276 g/mol. The van der Waals surface area contributed by atoms with E-state index < -0.39 is 12.0 Å². The topological polar surface area (TPSA) is 122 Å². The molecule has 0 atom stereocenters. The third-order valence-electron chi connectivity index (χ3n) is 2.34. The Labute approximate surface area is 113 Å². The Hall–Kier alpha value is -2.97. The maximum Gasteiger partial charge on any atom is 0.354 e. The van der Waals surface area contributed by atoms with Gasteiger partial charge in [-0.3, -0.25) is 4.68 Å². The summed E-state index contributed by atoms with van der Waals surface area (Å²) in [6.07, 6.45) is 4.52. The van der Waals surface area contributed by atoms with Crippen molar-refractivity contribution in [2.45, 2.75) is 6.54 Å². The first kappa shape index (κ1) is 13.5. The number of nitrogens with zero attached hydrogens (tertiary/aromatic N) is 4. The van der Waals surface area contributed by atoms with Gasteiger partial charge in [-0.25, -0.2) is 14.6 Å². The summed E-state index contributed by atoms with van der Waals surface area (Å²) in [7, 11) is 0. The van der Waals surface area contributed by atoms with E-state index in [2.05, 4.69) is 25.9 Å². The zero-order valence-electron chi connectivity index (χ0n) is 10.4. The average molecular weight is 276 g/mol. The molecule has 2 heterocycles. The molecule has 0 unspecified atom stereocenters. The fourth-order valence-corrected chi connectivity index (χ4v) is 1.41. The van der Waals surface area contributed by atoms with Crippen molar-refractivity contribution in [3.63, 3.8) is 0 Å². The number of amides is 2. The number of urea groups is 1. The molecule has 0 aliphatic carbocycles. The molecule has 0 aliphatic rings. The van der Waals surface area contributed by atoms with Crippen molar-refractivity contribution in [2.75, 3.05) is 11.9 Å². The third kappa shape index (κ3) is 3.77. The third-order valence-corrected chi connectivity index (χ3v) is 2.34. The van der Waals surface area contributed by atoms with Gasteiger partial charge in [0.25, 0.3) is 0 Å². The van der Waals surface area contributed by atoms with Gasteiger partial charge in [0.2, 0.25) is 0 Å². The second-order valence-electron chi connectivity index (χ2n) is 3.78. The van der Waals surface area contributed by atoms with E-state index in [1.807, 2.05) is 0 Å². The minimum atomic E-state index is -1.12. The summed E-state index contributed by atoms with van der Waals surface area (Å²) in [5.74, 6) is -1.12. The van der Waals surface area contributed by atoms with Crippen molar-refractivity contribution in [3.05, 3.63) is 36.4 Å². The van der Waals surface area contributed by atoms with Crippen LogP contribution in [0.4, 0.5) is 10.5 Å². The summed E-state index contributed by atoms with van der Waals surface area (Å²) in [5, 5.41) is 21.2. The summed E-state index contributed by atoms with van der Waals surface area (Å²) in [4.78, 5) is 25.8. The Morgan fingerprint density at radius 2 is 2.20 bits per heavy atom. The Kier molecular flexibility index (Phi) is 4.22. The Morgan fingerprint density at radius 1 is 1.35 bits per heavy atom. The predicted octanol–water partition coefficient (Wildman–Crippen LogP) is 0.193. The number of nitrogens with one attached hydrogen (secondary N) is 2. The van der Waals surface area contributed by atoms with Gasteiger partial charge in [0, 0.05) is 12.7 Å². The molecule has 2 amide bonds. The van der Waals surface area contributed by atoms with E-state index in [9.17, 15) is 9.59 Å². The molecule has 0 bridgehead atoms. The van der Waals surface area contributed by atoms with E-state index in [1.165, 1.54) is 18.3 Å². The number of carbonyl (C=O) groups is 2. The lowest BCUT2D eigenvalue weighted by Crippen LogP contribution is -2.31. The molecule has 0 aliphatic heterocycles. The van der Waals surface area contributed by atoms with Crippen molar-refractivity contribution in [2.24, 2.45) is 0 Å². The number of anilines is 1. The van der Waals surface area contributed by atoms with Gasteiger partial charge in [-0.2, -0.15) is 0 Å². The van der Waals surface area contributed by atoms with E-state index in [0.29, 0.717) is 18.8 Å². The van der Waals surface area contributed by atoms with E-state index in [1.54, 1.807) is 17.1 Å². The Balaban J connectivity index is 1.77. The van der Waals surface area contributed by atoms with Gasteiger partial charge in [-0.05, 0) is 12.1 Å². The first-order chi connectivity index (χ1) is 9.65. The molecule has 0 spiro atoms. The van der Waals surface area contributed by atoms with Crippen LogP contribution in [0.1, 0.15) is 10.5 Å². The highest BCUT2D eigenvalue weighted by atomic mass is 16.4. The van der Waals surface area contributed by atoms with Crippen LogP contribution in [0.25, 0.3) is 0 Å². The van der Waals surface area contributed by atoms with E-state index >= 15 is 0 Å². The number of hydrogen-bond acceptors (Lipinski definition) is 5. The van der Waals surface area contributed by atoms with Gasteiger partial charge in [-0.15, -0.1) is 5.10 Å². The fraction of sp³-hybridized carbons (Fsp3) is 0.182. The number of carbonyl (C=O) groups excluding carboxylic acids is 1. The maximum atomic E-state index is 11.5. The number of hydrogen-bond donors (Lipinski definition) is 3. The molecule has 0 aromatic carbocycles. The zero-order valence-corrected chi connectivity index (χ0v) is 10.4. The zero-order chi connectivity index (χ0) is 14.4. The lowest BCUT2D eigenvalue weighted by molar-refractivity contribution is 0.0690. The Bertz CT molecular complexity index is 581. The van der Waals surface area contributed by atoms with Gasteiger partial charge in [0.1, 0.15) is 5.69 Å². The van der Waals surface area contributed by atoms with Crippen molar-refractivity contribution in [1.29, 1.82) is 0 Å². The summed E-state index contributed by atoms with van der Waals surface area (Å²) >= 11 is 0. The molecular formula is C11H12N6O3. The first-order valence-electron chi connectivity index (χ1n) is 5.73. The van der Waals surface area contributed by atoms with Gasteiger partial charge < -0.3 is 15.7 Å². The lowest BCUT2D eigenvalue weighted by atomic mass is 10.3. The smallest absolute Gasteiger partial charge is 0.354 e. The number of aromatic nitrogens is 4. The summed E-state index contributed by atoms with van der Waals surface area (Å²) in [6.45, 7) is 0.888. The van der Waals surface area contributed by atoms with Crippen LogP contribution in [-0.4, -0.2) is 43.6 Å². The quantitative estimate of drug-likeness (QED) is 0.716. The summed E-state index contributed by atoms with van der Waals surface area (Å²) in [5.41, 5.74) is 0.329. The Morgan fingerprint density at radius 3 is 2.80 bits per heavy atom. The molecule has 2 aromatic rings. The summed E-state index contributed by atoms with van der Waals surface area (Å²) < 4.78 is 1.59. The van der Waals surface area contributed by atoms with Gasteiger partial charge in [0.15, 0.2) is 0 Å². The predicted molar refractivity (Wildman–Crippen MR) is 68.2 cm³/mol. The van der Waals surface area contributed by atoms with Crippen LogP contribution in [0.3, 0.4) is 0 Å². The number of rotatable bonds is 5. The van der Waals surface area contributed by atoms with Crippen LogP contribution < -0.4 is 10.6 Å². The van der Waals surface area contributed by atoms with Crippen LogP contribution in [0.5, 0.6) is 0 Å². The average Bonchev–Trinajstić information content (AvgIpc) is 2.92. The highest BCUT2D eigenvalue weighted by Gasteiger charge is 2.05. The minimum absolute atomic E-state index is 0.0814. The SMILES string of the molecule is O=C(NCCn1ccnn1)Nc1ccc(C(=O)O)nc1. The van der Waals surface area contributed by atoms with Crippen molar-refractivity contribution in [1.82, 2.24) is 25.3 Å². The summed E-state index contributed by atoms with van der Waals surface area (Å²) in [6, 6.07) is 2.37. The number of aromatic carboxylic acids is 1. The van der Waals surface area contributed by atoms with Crippen LogP contribution in [0.2, 0.25) is 0 Å². The van der Waals surface area contributed by atoms with E-state index in [4.69, 9.17) is 5.11 Å². The normalized spacial score (nSPS) is 10.0. The second-order valence-corrected chi connectivity index (χ2v) is 3.78. The van der Waals surface area contributed by atoms with E-state index in [-0.39, 0.29) is 5.69 Å². The highest BCUT2D eigenvalue weighted by molar-refractivity contribution is 5.90. The van der Waals surface area contributed by atoms with Crippen LogP contribution >= 0.6 is 0 Å². The first-order valence-corrected chi connectivity index (χ1v) is 5.73. The molecule has 0 radical (unpaired) electrons. The van der Waals surface area contributed by atoms with Gasteiger partial charge >= 0.3 is 12.0 Å². The molecule has 20 heavy (non-hydrogen) atoms. The molecule has 3 N–H and O–H groups in total. The van der Waals surface area contributed by atoms with Crippen LogP contribution in [0, 0.1) is 0 Å². The number of carboxylic acids is 1. The van der Waals surface area contributed by atoms with E-state index in [0.717, 1.165) is 0 Å². The van der Waals surface area contributed by atoms with Gasteiger partial charge in [0.05, 0.1) is 24.6 Å². The molecule has 0 saturated heterocycles. The standard InChI is InChI=1S/C11H12N6O3/c18-10(19)9-2-1-8(7-13-9)15-11(20)12-3-5-17-6-4-14-16-17/h1-2,4,6-7H,3,5H2,(H,18,19)(H2,12,15,20). The molecule has 2 rings (SSSR count). The number of carboxylic acid groups (broad SMARTS) is 1.